The van der Waals surface area contributed by atoms with E-state index in [9.17, 15) is 4.79 Å². The lowest BCUT2D eigenvalue weighted by Crippen LogP contribution is -2.07. The van der Waals surface area contributed by atoms with Gasteiger partial charge in [-0.2, -0.15) is 4.98 Å². The highest BCUT2D eigenvalue weighted by Crippen LogP contribution is 2.46. The van der Waals surface area contributed by atoms with E-state index in [2.05, 4.69) is 42.6 Å². The van der Waals surface area contributed by atoms with E-state index in [0.29, 0.717) is 47.5 Å². The number of carboxylic acids is 1. The maximum Gasteiger partial charge on any atom is 0.367 e. The van der Waals surface area contributed by atoms with Gasteiger partial charge in [0, 0.05) is 29.8 Å². The van der Waals surface area contributed by atoms with Crippen molar-refractivity contribution in [1.82, 2.24) is 25.1 Å². The normalized spacial score (nSPS) is 17.7. The van der Waals surface area contributed by atoms with Gasteiger partial charge in [0.2, 0.25) is 10.9 Å². The second kappa shape index (κ2) is 8.08. The SMILES string of the molecule is Cc1ccc([C@H]2C[C@@H]2COc2cc(NCc3nnc(C(=O)O)s3)nc(C)n2)nc1. The van der Waals surface area contributed by atoms with Crippen LogP contribution >= 0.6 is 11.3 Å². The molecular formula is C19H20N6O3S. The zero-order valence-corrected chi connectivity index (χ0v) is 16.8. The number of nitrogens with zero attached hydrogens (tertiary/aromatic N) is 5. The lowest BCUT2D eigenvalue weighted by atomic mass is 10.2. The molecule has 0 aliphatic heterocycles. The summed E-state index contributed by atoms with van der Waals surface area (Å²) in [5, 5.41) is 20.0. The molecule has 9 nitrogen and oxygen atoms in total. The van der Waals surface area contributed by atoms with Crippen LogP contribution < -0.4 is 10.1 Å². The number of carbonyl (C=O) groups is 1. The highest BCUT2D eigenvalue weighted by Gasteiger charge is 2.40. The molecule has 3 heterocycles. The molecule has 1 aliphatic rings. The summed E-state index contributed by atoms with van der Waals surface area (Å²) in [6.45, 7) is 4.73. The minimum Gasteiger partial charge on any atom is -0.477 e. The van der Waals surface area contributed by atoms with E-state index in [1.54, 1.807) is 13.0 Å². The van der Waals surface area contributed by atoms with Crippen LogP contribution in [0.1, 0.15) is 44.2 Å². The Kier molecular flexibility index (Phi) is 5.34. The Bertz CT molecular complexity index is 1020. The Hall–Kier alpha value is -3.14. The van der Waals surface area contributed by atoms with Gasteiger partial charge in [-0.15, -0.1) is 10.2 Å². The zero-order chi connectivity index (χ0) is 20.4. The van der Waals surface area contributed by atoms with Gasteiger partial charge in [0.25, 0.3) is 0 Å². The Labute approximate surface area is 171 Å². The molecule has 0 amide bonds. The number of nitrogens with one attached hydrogen (secondary N) is 1. The predicted octanol–water partition coefficient (Wildman–Crippen LogP) is 2.83. The summed E-state index contributed by atoms with van der Waals surface area (Å²) in [6, 6.07) is 5.90. The van der Waals surface area contributed by atoms with E-state index in [4.69, 9.17) is 9.84 Å². The van der Waals surface area contributed by atoms with E-state index in [-0.39, 0.29) is 5.01 Å². The molecule has 0 bridgehead atoms. The predicted molar refractivity (Wildman–Crippen MR) is 106 cm³/mol. The zero-order valence-electron chi connectivity index (χ0n) is 16.0. The standard InChI is InChI=1S/C19H20N6O3S/c1-10-3-4-14(20-7-10)13-5-12(13)9-28-16-6-15(22-11(2)23-16)21-8-17-24-25-18(29-17)19(26)27/h3-4,6-7,12-13H,5,8-9H2,1-2H3,(H,26,27)(H,21,22,23)/t12-,13+/m1/s1. The van der Waals surface area contributed by atoms with Gasteiger partial charge in [-0.1, -0.05) is 17.4 Å². The third kappa shape index (κ3) is 4.83. The second-order valence-corrected chi connectivity index (χ2v) is 8.03. The van der Waals surface area contributed by atoms with Gasteiger partial charge < -0.3 is 15.2 Å². The molecule has 4 rings (SSSR count). The fraction of sp³-hybridized carbons (Fsp3) is 0.368. The minimum absolute atomic E-state index is 0.0354. The van der Waals surface area contributed by atoms with Gasteiger partial charge in [-0.3, -0.25) is 4.98 Å². The number of aromatic carboxylic acids is 1. The maximum absolute atomic E-state index is 10.9. The largest absolute Gasteiger partial charge is 0.477 e. The molecule has 0 spiro atoms. The lowest BCUT2D eigenvalue weighted by Gasteiger charge is -2.09. The van der Waals surface area contributed by atoms with E-state index in [0.717, 1.165) is 29.0 Å². The fourth-order valence-corrected chi connectivity index (χ4v) is 3.59. The summed E-state index contributed by atoms with van der Waals surface area (Å²) in [4.78, 5) is 24.1. The van der Waals surface area contributed by atoms with Gasteiger partial charge in [0.05, 0.1) is 13.2 Å². The van der Waals surface area contributed by atoms with Crippen LogP contribution in [0.4, 0.5) is 5.82 Å². The van der Waals surface area contributed by atoms with Crippen LogP contribution in [0.5, 0.6) is 5.88 Å². The van der Waals surface area contributed by atoms with Crippen molar-refractivity contribution in [3.63, 3.8) is 0 Å². The van der Waals surface area contributed by atoms with E-state index in [1.807, 2.05) is 13.1 Å². The van der Waals surface area contributed by atoms with Crippen molar-refractivity contribution in [1.29, 1.82) is 0 Å². The number of pyridine rings is 1. The van der Waals surface area contributed by atoms with Crippen molar-refractivity contribution in [3.05, 3.63) is 51.5 Å². The molecule has 2 N–H and O–H groups in total. The van der Waals surface area contributed by atoms with E-state index >= 15 is 0 Å². The van der Waals surface area contributed by atoms with Crippen LogP contribution in [-0.4, -0.2) is 42.8 Å². The Morgan fingerprint density at radius 1 is 1.31 bits per heavy atom. The molecule has 10 heteroatoms. The van der Waals surface area contributed by atoms with Gasteiger partial charge in [0.15, 0.2) is 0 Å². The summed E-state index contributed by atoms with van der Waals surface area (Å²) in [5.74, 6) is 1.48. The van der Waals surface area contributed by atoms with Crippen LogP contribution in [0.3, 0.4) is 0 Å². The summed E-state index contributed by atoms with van der Waals surface area (Å²) in [7, 11) is 0. The molecule has 0 saturated heterocycles. The van der Waals surface area contributed by atoms with Gasteiger partial charge in [-0.25, -0.2) is 9.78 Å². The molecule has 2 atom stereocenters. The number of hydrogen-bond donors (Lipinski definition) is 2. The molecular weight excluding hydrogens is 392 g/mol. The van der Waals surface area contributed by atoms with Crippen LogP contribution in [-0.2, 0) is 6.54 Å². The van der Waals surface area contributed by atoms with Gasteiger partial charge >= 0.3 is 5.97 Å². The minimum atomic E-state index is -1.08. The summed E-state index contributed by atoms with van der Waals surface area (Å²) >= 11 is 1.03. The lowest BCUT2D eigenvalue weighted by molar-refractivity contribution is 0.0695. The Morgan fingerprint density at radius 2 is 2.17 bits per heavy atom. The fourth-order valence-electron chi connectivity index (χ4n) is 2.97. The van der Waals surface area contributed by atoms with Crippen molar-refractivity contribution in [3.8, 4) is 5.88 Å². The molecule has 0 aromatic carbocycles. The molecule has 1 fully saturated rings. The van der Waals surface area contributed by atoms with Gasteiger partial charge in [-0.05, 0) is 31.9 Å². The molecule has 1 saturated carbocycles. The van der Waals surface area contributed by atoms with Crippen molar-refractivity contribution in [2.45, 2.75) is 32.7 Å². The third-order valence-corrected chi connectivity index (χ3v) is 5.48. The molecule has 1 aliphatic carbocycles. The average Bonchev–Trinajstić information content (AvgIpc) is 3.30. The summed E-state index contributed by atoms with van der Waals surface area (Å²) in [5.41, 5.74) is 2.27. The molecule has 29 heavy (non-hydrogen) atoms. The maximum atomic E-state index is 10.9. The van der Waals surface area contributed by atoms with Crippen LogP contribution in [0.15, 0.2) is 24.4 Å². The number of anilines is 1. The molecule has 3 aromatic rings. The smallest absolute Gasteiger partial charge is 0.367 e. The van der Waals surface area contributed by atoms with Crippen LogP contribution in [0.25, 0.3) is 0 Å². The quantitative estimate of drug-likeness (QED) is 0.575. The van der Waals surface area contributed by atoms with Crippen molar-refractivity contribution < 1.29 is 14.6 Å². The van der Waals surface area contributed by atoms with Crippen molar-refractivity contribution >= 4 is 23.1 Å². The molecule has 3 aromatic heterocycles. The highest BCUT2D eigenvalue weighted by molar-refractivity contribution is 7.13. The first kappa shape index (κ1) is 19.2. The molecule has 0 unspecified atom stereocenters. The third-order valence-electron chi connectivity index (χ3n) is 4.57. The average molecular weight is 412 g/mol. The number of aryl methyl sites for hydroxylation is 2. The number of rotatable bonds is 8. The Morgan fingerprint density at radius 3 is 2.90 bits per heavy atom. The monoisotopic (exact) mass is 412 g/mol. The van der Waals surface area contributed by atoms with Gasteiger partial charge in [0.1, 0.15) is 16.6 Å². The molecule has 150 valence electrons. The van der Waals surface area contributed by atoms with Crippen LogP contribution in [0.2, 0.25) is 0 Å². The van der Waals surface area contributed by atoms with Crippen LogP contribution in [0, 0.1) is 19.8 Å². The number of carboxylic acid groups (broad SMARTS) is 1. The summed E-state index contributed by atoms with van der Waals surface area (Å²) in [6.07, 6.45) is 2.96. The van der Waals surface area contributed by atoms with E-state index < -0.39 is 5.97 Å². The first-order chi connectivity index (χ1) is 14.0. The topological polar surface area (TPSA) is 123 Å². The summed E-state index contributed by atoms with van der Waals surface area (Å²) < 4.78 is 5.89. The first-order valence-corrected chi connectivity index (χ1v) is 10.00. The number of hydrogen-bond acceptors (Lipinski definition) is 9. The molecule has 0 radical (unpaired) electrons. The Balaban J connectivity index is 1.32. The second-order valence-electron chi connectivity index (χ2n) is 6.97. The number of aromatic nitrogens is 5. The first-order valence-electron chi connectivity index (χ1n) is 9.18. The van der Waals surface area contributed by atoms with E-state index in [1.165, 1.54) is 0 Å². The number of ether oxygens (including phenoxy) is 1. The highest BCUT2D eigenvalue weighted by atomic mass is 32.1. The van der Waals surface area contributed by atoms with Crippen molar-refractivity contribution in [2.24, 2.45) is 5.92 Å². The van der Waals surface area contributed by atoms with Crippen molar-refractivity contribution in [2.75, 3.05) is 11.9 Å².